The van der Waals surface area contributed by atoms with Gasteiger partial charge in [-0.1, -0.05) is 58.0 Å². The molecule has 0 saturated heterocycles. The summed E-state index contributed by atoms with van der Waals surface area (Å²) >= 11 is 0. The fraction of sp³-hybridized carbons (Fsp3) is 0.500. The maximum Gasteiger partial charge on any atom is 0.0552 e. The van der Waals surface area contributed by atoms with E-state index in [1.807, 2.05) is 12.3 Å². The topological polar surface area (TPSA) is 16.1 Å². The summed E-state index contributed by atoms with van der Waals surface area (Å²) in [6.45, 7) is 15.7. The van der Waals surface area contributed by atoms with Crippen molar-refractivity contribution >= 4 is 5.70 Å². The zero-order valence-corrected chi connectivity index (χ0v) is 18.5. The van der Waals surface area contributed by atoms with Crippen LogP contribution in [-0.4, -0.2) is 23.0 Å². The number of rotatable bonds is 7. The van der Waals surface area contributed by atoms with E-state index in [1.165, 1.54) is 35.1 Å². The lowest BCUT2D eigenvalue weighted by molar-refractivity contribution is 0.188. The van der Waals surface area contributed by atoms with Crippen molar-refractivity contribution in [2.75, 3.05) is 7.05 Å². The molecule has 1 aromatic heterocycles. The van der Waals surface area contributed by atoms with E-state index in [4.69, 9.17) is 4.98 Å². The molecule has 0 N–H and O–H groups in total. The van der Waals surface area contributed by atoms with Crippen molar-refractivity contribution < 1.29 is 0 Å². The van der Waals surface area contributed by atoms with E-state index >= 15 is 0 Å². The van der Waals surface area contributed by atoms with E-state index in [0.717, 1.165) is 24.2 Å². The van der Waals surface area contributed by atoms with Crippen LogP contribution in [0.5, 0.6) is 0 Å². The Kier molecular flexibility index (Phi) is 5.98. The molecule has 0 amide bonds. The lowest BCUT2D eigenvalue weighted by Gasteiger charge is -2.46. The molecule has 28 heavy (non-hydrogen) atoms. The highest BCUT2D eigenvalue weighted by molar-refractivity contribution is 5.65. The first-order chi connectivity index (χ1) is 13.3. The van der Waals surface area contributed by atoms with Crippen molar-refractivity contribution in [2.45, 2.75) is 77.7 Å². The highest BCUT2D eigenvalue weighted by Gasteiger charge is 2.37. The molecule has 0 radical (unpaired) electrons. The number of nitrogens with zero attached hydrogens (tertiary/aromatic N) is 2. The third kappa shape index (κ3) is 3.74. The van der Waals surface area contributed by atoms with Crippen molar-refractivity contribution in [1.82, 2.24) is 9.88 Å². The number of aryl methyl sites for hydroxylation is 2. The van der Waals surface area contributed by atoms with Crippen LogP contribution in [0.4, 0.5) is 0 Å². The molecule has 1 heterocycles. The lowest BCUT2D eigenvalue weighted by atomic mass is 9.72. The molecule has 1 fully saturated rings. The summed E-state index contributed by atoms with van der Waals surface area (Å²) in [6, 6.07) is 11.7. The number of hydrogen-bond donors (Lipinski definition) is 0. The van der Waals surface area contributed by atoms with Crippen LogP contribution in [0.1, 0.15) is 80.8 Å². The van der Waals surface area contributed by atoms with Crippen molar-refractivity contribution in [2.24, 2.45) is 0 Å². The van der Waals surface area contributed by atoms with Gasteiger partial charge in [0.05, 0.1) is 5.69 Å². The predicted molar refractivity (Wildman–Crippen MR) is 121 cm³/mol. The van der Waals surface area contributed by atoms with Crippen LogP contribution in [0.25, 0.3) is 5.70 Å². The third-order valence-corrected chi connectivity index (χ3v) is 6.88. The predicted octanol–water partition coefficient (Wildman–Crippen LogP) is 6.49. The minimum Gasteiger partial charge on any atom is -0.371 e. The average molecular weight is 377 g/mol. The van der Waals surface area contributed by atoms with Gasteiger partial charge in [0.1, 0.15) is 0 Å². The van der Waals surface area contributed by atoms with Crippen molar-refractivity contribution in [3.63, 3.8) is 0 Å². The number of likely N-dealkylation sites (N-methyl/N-ethyl adjacent to an activating group) is 1. The Labute approximate surface area is 171 Å². The number of aromatic nitrogens is 1. The highest BCUT2D eigenvalue weighted by atomic mass is 15.2. The van der Waals surface area contributed by atoms with Crippen molar-refractivity contribution in [3.8, 4) is 0 Å². The van der Waals surface area contributed by atoms with Gasteiger partial charge in [-0.15, -0.1) is 0 Å². The first-order valence-corrected chi connectivity index (χ1v) is 10.8. The quantitative estimate of drug-likeness (QED) is 0.549. The van der Waals surface area contributed by atoms with E-state index in [2.05, 4.69) is 77.4 Å². The maximum atomic E-state index is 4.75. The molecule has 2 aromatic rings. The summed E-state index contributed by atoms with van der Waals surface area (Å²) in [6.07, 6.45) is 6.56. The summed E-state index contributed by atoms with van der Waals surface area (Å²) in [5.74, 6) is 0.594. The van der Waals surface area contributed by atoms with Crippen LogP contribution in [-0.2, 0) is 11.8 Å². The first kappa shape index (κ1) is 20.6. The molecule has 1 aliphatic rings. The van der Waals surface area contributed by atoms with Crippen LogP contribution in [0.15, 0.2) is 43.1 Å². The van der Waals surface area contributed by atoms with Gasteiger partial charge in [0.25, 0.3) is 0 Å². The zero-order valence-electron chi connectivity index (χ0n) is 18.5. The van der Waals surface area contributed by atoms with E-state index in [9.17, 15) is 0 Å². The van der Waals surface area contributed by atoms with Gasteiger partial charge in [-0.25, -0.2) is 0 Å². The molecule has 2 heteroatoms. The van der Waals surface area contributed by atoms with Gasteiger partial charge in [-0.2, -0.15) is 0 Å². The average Bonchev–Trinajstić information content (AvgIpc) is 2.67. The van der Waals surface area contributed by atoms with Crippen molar-refractivity contribution in [3.05, 3.63) is 71.1 Å². The summed E-state index contributed by atoms with van der Waals surface area (Å²) < 4.78 is 0. The number of benzene rings is 1. The Balaban J connectivity index is 1.88. The van der Waals surface area contributed by atoms with Gasteiger partial charge in [-0.05, 0) is 55.9 Å². The zero-order chi connectivity index (χ0) is 20.5. The molecule has 1 saturated carbocycles. The highest BCUT2D eigenvalue weighted by Crippen LogP contribution is 2.44. The van der Waals surface area contributed by atoms with Gasteiger partial charge in [0.2, 0.25) is 0 Å². The van der Waals surface area contributed by atoms with Crippen LogP contribution in [0, 0.1) is 6.92 Å². The number of hydrogen-bond acceptors (Lipinski definition) is 2. The van der Waals surface area contributed by atoms with Crippen molar-refractivity contribution in [1.29, 1.82) is 0 Å². The van der Waals surface area contributed by atoms with Gasteiger partial charge < -0.3 is 4.90 Å². The molecule has 1 aromatic carbocycles. The molecule has 0 bridgehead atoms. The van der Waals surface area contributed by atoms with Crippen LogP contribution in [0.3, 0.4) is 0 Å². The van der Waals surface area contributed by atoms with Gasteiger partial charge in [-0.3, -0.25) is 4.98 Å². The van der Waals surface area contributed by atoms with Crippen LogP contribution >= 0.6 is 0 Å². The van der Waals surface area contributed by atoms with Crippen LogP contribution < -0.4 is 0 Å². The van der Waals surface area contributed by atoms with Crippen LogP contribution in [0.2, 0.25) is 0 Å². The smallest absolute Gasteiger partial charge is 0.0552 e. The summed E-state index contributed by atoms with van der Waals surface area (Å²) in [5.41, 5.74) is 7.90. The maximum absolute atomic E-state index is 4.75. The Morgan fingerprint density at radius 2 is 1.96 bits per heavy atom. The fourth-order valence-electron chi connectivity index (χ4n) is 4.45. The second-order valence-electron chi connectivity index (χ2n) is 9.00. The fourth-order valence-corrected chi connectivity index (χ4v) is 4.45. The van der Waals surface area contributed by atoms with E-state index < -0.39 is 0 Å². The molecule has 3 rings (SSSR count). The SMILES string of the molecule is C=C(c1cccnc1C(C)(C)CC)N(C)[C@H]1CC[C@H]1c1ccc(C)cc1CC. The van der Waals surface area contributed by atoms with E-state index in [0.29, 0.717) is 12.0 Å². The van der Waals surface area contributed by atoms with Gasteiger partial charge in [0, 0.05) is 41.9 Å². The van der Waals surface area contributed by atoms with Gasteiger partial charge >= 0.3 is 0 Å². The second-order valence-corrected chi connectivity index (χ2v) is 9.00. The molecule has 1 aliphatic carbocycles. The number of pyridine rings is 1. The van der Waals surface area contributed by atoms with E-state index in [1.54, 1.807) is 0 Å². The molecular weight excluding hydrogens is 340 g/mol. The molecule has 0 aliphatic heterocycles. The Morgan fingerprint density at radius 3 is 2.57 bits per heavy atom. The standard InChI is InChI=1S/C26H36N2/c1-8-20-17-18(3)12-13-22(20)23-14-15-24(23)28(7)19(4)21-11-10-16-27-25(21)26(5,6)9-2/h10-13,16-17,23-24H,4,8-9,14-15H2,1-3,5-7H3/t23-,24-/m0/s1. The molecule has 0 unspecified atom stereocenters. The summed E-state index contributed by atoms with van der Waals surface area (Å²) in [7, 11) is 2.22. The Hall–Kier alpha value is -2.09. The summed E-state index contributed by atoms with van der Waals surface area (Å²) in [4.78, 5) is 7.17. The minimum absolute atomic E-state index is 0.0473. The van der Waals surface area contributed by atoms with E-state index in [-0.39, 0.29) is 5.41 Å². The molecule has 150 valence electrons. The third-order valence-electron chi connectivity index (χ3n) is 6.88. The molecular formula is C26H36N2. The summed E-state index contributed by atoms with van der Waals surface area (Å²) in [5, 5.41) is 0. The van der Waals surface area contributed by atoms with Gasteiger partial charge in [0.15, 0.2) is 0 Å². The largest absolute Gasteiger partial charge is 0.371 e. The first-order valence-electron chi connectivity index (χ1n) is 10.8. The minimum atomic E-state index is 0.0473. The normalized spacial score (nSPS) is 19.2. The second kappa shape index (κ2) is 8.11. The molecule has 2 atom stereocenters. The molecule has 0 spiro atoms. The lowest BCUT2D eigenvalue weighted by Crippen LogP contribution is -2.43. The Morgan fingerprint density at radius 1 is 1.21 bits per heavy atom. The molecule has 2 nitrogen and oxygen atoms in total. The Bertz CT molecular complexity index is 849. The monoisotopic (exact) mass is 376 g/mol.